The predicted octanol–water partition coefficient (Wildman–Crippen LogP) is 4.44. The van der Waals surface area contributed by atoms with Crippen molar-refractivity contribution >= 4 is 22.9 Å². The van der Waals surface area contributed by atoms with Crippen molar-refractivity contribution in [2.24, 2.45) is 0 Å². The molecule has 1 amide bonds. The van der Waals surface area contributed by atoms with Crippen LogP contribution in [0.15, 0.2) is 66.9 Å². The third-order valence-electron chi connectivity index (χ3n) is 4.76. The summed E-state index contributed by atoms with van der Waals surface area (Å²) in [6, 6.07) is 18.4. The van der Waals surface area contributed by atoms with Crippen LogP contribution >= 0.6 is 0 Å². The summed E-state index contributed by atoms with van der Waals surface area (Å²) in [5.41, 5.74) is 4.47. The van der Waals surface area contributed by atoms with E-state index in [0.717, 1.165) is 35.7 Å². The van der Waals surface area contributed by atoms with Crippen LogP contribution < -0.4 is 5.32 Å². The van der Waals surface area contributed by atoms with Crippen molar-refractivity contribution in [1.82, 2.24) is 10.3 Å². The molecule has 1 unspecified atom stereocenters. The van der Waals surface area contributed by atoms with Crippen LogP contribution in [-0.2, 0) is 11.2 Å². The molecule has 1 N–H and O–H groups in total. The Hall–Kier alpha value is -2.94. The summed E-state index contributed by atoms with van der Waals surface area (Å²) in [6.07, 6.45) is 8.43. The van der Waals surface area contributed by atoms with E-state index in [1.54, 1.807) is 12.3 Å². The molecule has 4 rings (SSSR count). The number of hydrogen-bond donors (Lipinski definition) is 1. The Morgan fingerprint density at radius 3 is 2.92 bits per heavy atom. The van der Waals surface area contributed by atoms with Crippen LogP contribution in [0.4, 0.5) is 0 Å². The van der Waals surface area contributed by atoms with Crippen molar-refractivity contribution in [1.29, 1.82) is 0 Å². The highest BCUT2D eigenvalue weighted by atomic mass is 16.1. The van der Waals surface area contributed by atoms with Gasteiger partial charge < -0.3 is 5.32 Å². The Bertz CT molecular complexity index is 940. The second kappa shape index (κ2) is 6.89. The van der Waals surface area contributed by atoms with Gasteiger partial charge in [-0.25, -0.2) is 0 Å². The van der Waals surface area contributed by atoms with E-state index in [4.69, 9.17) is 0 Å². The number of benzene rings is 2. The van der Waals surface area contributed by atoms with Crippen LogP contribution in [0, 0.1) is 0 Å². The van der Waals surface area contributed by atoms with E-state index in [0.29, 0.717) is 0 Å². The third-order valence-corrected chi connectivity index (χ3v) is 4.76. The molecule has 2 aromatic carbocycles. The molecular formula is C22H20N2O. The number of aromatic nitrogens is 1. The molecule has 124 valence electrons. The van der Waals surface area contributed by atoms with Crippen LogP contribution in [0.25, 0.3) is 17.0 Å². The minimum Gasteiger partial charge on any atom is -0.346 e. The second-order valence-corrected chi connectivity index (χ2v) is 6.41. The van der Waals surface area contributed by atoms with E-state index in [2.05, 4.69) is 28.5 Å². The number of rotatable bonds is 3. The number of para-hydroxylation sites is 1. The van der Waals surface area contributed by atoms with Crippen LogP contribution in [0.1, 0.15) is 35.6 Å². The maximum Gasteiger partial charge on any atom is 0.244 e. The standard InChI is InChI=1S/C22H20N2O/c25-21(24-20-12-4-7-16-6-1-2-11-19(16)20)14-13-18-9-3-8-17-10-5-15-23-22(17)18/h1-3,5-6,8-11,13-15,20H,4,7,12H2,(H,24,25)/b14-13+. The second-order valence-electron chi connectivity index (χ2n) is 6.41. The van der Waals surface area contributed by atoms with Gasteiger partial charge in [0.2, 0.25) is 5.91 Å². The number of amides is 1. The van der Waals surface area contributed by atoms with E-state index in [-0.39, 0.29) is 11.9 Å². The molecule has 0 saturated heterocycles. The topological polar surface area (TPSA) is 42.0 Å². The number of nitrogens with one attached hydrogen (secondary N) is 1. The van der Waals surface area contributed by atoms with Gasteiger partial charge in [0.05, 0.1) is 11.6 Å². The quantitative estimate of drug-likeness (QED) is 0.722. The van der Waals surface area contributed by atoms with E-state index < -0.39 is 0 Å². The van der Waals surface area contributed by atoms with E-state index in [1.807, 2.05) is 42.5 Å². The van der Waals surface area contributed by atoms with E-state index in [9.17, 15) is 4.79 Å². The molecule has 1 aliphatic rings. The highest BCUT2D eigenvalue weighted by Crippen LogP contribution is 2.29. The molecule has 0 spiro atoms. The van der Waals surface area contributed by atoms with Gasteiger partial charge >= 0.3 is 0 Å². The molecule has 1 aliphatic carbocycles. The van der Waals surface area contributed by atoms with Crippen LogP contribution in [0.2, 0.25) is 0 Å². The first kappa shape index (κ1) is 15.6. The predicted molar refractivity (Wildman–Crippen MR) is 101 cm³/mol. The summed E-state index contributed by atoms with van der Waals surface area (Å²) >= 11 is 0. The SMILES string of the molecule is O=C(/C=C/c1cccc2cccnc12)NC1CCCc2ccccc21. The molecule has 1 heterocycles. The van der Waals surface area contributed by atoms with Crippen molar-refractivity contribution in [3.05, 3.63) is 83.6 Å². The molecule has 1 atom stereocenters. The highest BCUT2D eigenvalue weighted by molar-refractivity contribution is 5.95. The lowest BCUT2D eigenvalue weighted by atomic mass is 9.88. The number of aryl methyl sites for hydroxylation is 1. The summed E-state index contributed by atoms with van der Waals surface area (Å²) < 4.78 is 0. The van der Waals surface area contributed by atoms with Crippen molar-refractivity contribution < 1.29 is 4.79 Å². The van der Waals surface area contributed by atoms with Gasteiger partial charge in [0.15, 0.2) is 0 Å². The van der Waals surface area contributed by atoms with E-state index >= 15 is 0 Å². The molecule has 3 nitrogen and oxygen atoms in total. The van der Waals surface area contributed by atoms with Crippen molar-refractivity contribution in [2.75, 3.05) is 0 Å². The maximum absolute atomic E-state index is 12.4. The van der Waals surface area contributed by atoms with Gasteiger partial charge in [-0.1, -0.05) is 48.5 Å². The summed E-state index contributed by atoms with van der Waals surface area (Å²) in [7, 11) is 0. The van der Waals surface area contributed by atoms with Gasteiger partial charge in [-0.3, -0.25) is 9.78 Å². The highest BCUT2D eigenvalue weighted by Gasteiger charge is 2.20. The number of pyridine rings is 1. The first-order valence-corrected chi connectivity index (χ1v) is 8.71. The average Bonchev–Trinajstić information content (AvgIpc) is 2.66. The first-order valence-electron chi connectivity index (χ1n) is 8.71. The molecular weight excluding hydrogens is 308 g/mol. The number of fused-ring (bicyclic) bond motifs is 2. The monoisotopic (exact) mass is 328 g/mol. The van der Waals surface area contributed by atoms with Gasteiger partial charge in [0.1, 0.15) is 0 Å². The molecule has 1 aromatic heterocycles. The maximum atomic E-state index is 12.4. The van der Waals surface area contributed by atoms with Crippen LogP contribution in [-0.4, -0.2) is 10.9 Å². The fourth-order valence-corrected chi connectivity index (χ4v) is 3.55. The molecule has 0 radical (unpaired) electrons. The zero-order valence-electron chi connectivity index (χ0n) is 14.0. The summed E-state index contributed by atoms with van der Waals surface area (Å²) in [5.74, 6) is -0.0605. The van der Waals surface area contributed by atoms with Crippen molar-refractivity contribution in [3.8, 4) is 0 Å². The minimum atomic E-state index is -0.0605. The molecule has 3 aromatic rings. The molecule has 0 bridgehead atoms. The fourth-order valence-electron chi connectivity index (χ4n) is 3.55. The Labute approximate surface area is 147 Å². The van der Waals surface area contributed by atoms with Crippen LogP contribution in [0.3, 0.4) is 0 Å². The lowest BCUT2D eigenvalue weighted by Gasteiger charge is -2.25. The molecule has 3 heteroatoms. The smallest absolute Gasteiger partial charge is 0.244 e. The summed E-state index contributed by atoms with van der Waals surface area (Å²) in [6.45, 7) is 0. The first-order chi connectivity index (χ1) is 12.3. The van der Waals surface area contributed by atoms with Crippen molar-refractivity contribution in [2.45, 2.75) is 25.3 Å². The number of nitrogens with zero attached hydrogens (tertiary/aromatic N) is 1. The molecule has 25 heavy (non-hydrogen) atoms. The fraction of sp³-hybridized carbons (Fsp3) is 0.182. The zero-order chi connectivity index (χ0) is 17.1. The van der Waals surface area contributed by atoms with Crippen molar-refractivity contribution in [3.63, 3.8) is 0 Å². The molecule has 0 fully saturated rings. The minimum absolute atomic E-state index is 0.0605. The largest absolute Gasteiger partial charge is 0.346 e. The summed E-state index contributed by atoms with van der Waals surface area (Å²) in [5, 5.41) is 4.22. The lowest BCUT2D eigenvalue weighted by Crippen LogP contribution is -2.29. The molecule has 0 saturated carbocycles. The number of carbonyl (C=O) groups excluding carboxylic acids is 1. The Morgan fingerprint density at radius 2 is 1.96 bits per heavy atom. The molecule has 0 aliphatic heterocycles. The third kappa shape index (κ3) is 3.31. The van der Waals surface area contributed by atoms with E-state index in [1.165, 1.54) is 11.1 Å². The Balaban J connectivity index is 1.52. The van der Waals surface area contributed by atoms with Gasteiger partial charge in [-0.05, 0) is 42.5 Å². The number of hydrogen-bond acceptors (Lipinski definition) is 2. The normalized spacial score (nSPS) is 16.7. The summed E-state index contributed by atoms with van der Waals surface area (Å²) in [4.78, 5) is 16.8. The zero-order valence-corrected chi connectivity index (χ0v) is 14.0. The van der Waals surface area contributed by atoms with Crippen LogP contribution in [0.5, 0.6) is 0 Å². The lowest BCUT2D eigenvalue weighted by molar-refractivity contribution is -0.117. The van der Waals surface area contributed by atoms with Gasteiger partial charge in [-0.2, -0.15) is 0 Å². The Morgan fingerprint density at radius 1 is 1.08 bits per heavy atom. The van der Waals surface area contributed by atoms with Gasteiger partial charge in [-0.15, -0.1) is 0 Å². The number of carbonyl (C=O) groups is 1. The van der Waals surface area contributed by atoms with Gasteiger partial charge in [0, 0.05) is 23.2 Å². The van der Waals surface area contributed by atoms with Gasteiger partial charge in [0.25, 0.3) is 0 Å². The average molecular weight is 328 g/mol. The Kier molecular flexibility index (Phi) is 4.30.